The minimum atomic E-state index is 0.650. The molecule has 1 heterocycles. The topological polar surface area (TPSA) is 51.0 Å². The number of fused-ring (bicyclic) bond motifs is 1. The van der Waals surface area contributed by atoms with Gasteiger partial charge in [-0.2, -0.15) is 0 Å². The molecule has 5 heteroatoms. The molecule has 0 N–H and O–H groups in total. The summed E-state index contributed by atoms with van der Waals surface area (Å²) in [6.45, 7) is 1.96. The normalized spacial score (nSPS) is 16.5. The maximum atomic E-state index is 10.8. The number of carbonyl (C=O) groups excluding carboxylic acids is 1. The zero-order valence-corrected chi connectivity index (χ0v) is 13.2. The van der Waals surface area contributed by atoms with Crippen LogP contribution in [0, 0.1) is 0 Å². The lowest BCUT2D eigenvalue weighted by molar-refractivity contribution is 0.112. The summed E-state index contributed by atoms with van der Waals surface area (Å²) in [5, 5.41) is 8.37. The van der Waals surface area contributed by atoms with Gasteiger partial charge in [0.25, 0.3) is 0 Å². The Kier molecular flexibility index (Phi) is 4.83. The van der Waals surface area contributed by atoms with Gasteiger partial charge in [0.2, 0.25) is 0 Å². The highest BCUT2D eigenvalue weighted by molar-refractivity contribution is 5.84. The number of hydrogen-bond donors (Lipinski definition) is 0. The zero-order valence-electron chi connectivity index (χ0n) is 13.2. The second kappa shape index (κ2) is 7.01. The van der Waals surface area contributed by atoms with Gasteiger partial charge in [0.05, 0.1) is 5.52 Å². The molecule has 0 radical (unpaired) electrons. The third-order valence-electron chi connectivity index (χ3n) is 4.75. The van der Waals surface area contributed by atoms with Crippen molar-refractivity contribution in [2.75, 3.05) is 13.6 Å². The Balaban J connectivity index is 1.56. The molecule has 1 aliphatic carbocycles. The van der Waals surface area contributed by atoms with Gasteiger partial charge in [-0.25, -0.2) is 4.68 Å². The van der Waals surface area contributed by atoms with Gasteiger partial charge in [-0.15, -0.1) is 5.10 Å². The summed E-state index contributed by atoms with van der Waals surface area (Å²) in [5.74, 6) is 0. The van der Waals surface area contributed by atoms with E-state index in [2.05, 4.69) is 22.3 Å². The molecule has 118 valence electrons. The molecule has 1 aromatic carbocycles. The highest BCUT2D eigenvalue weighted by Crippen LogP contribution is 2.21. The zero-order chi connectivity index (χ0) is 15.4. The second-order valence-corrected chi connectivity index (χ2v) is 6.30. The van der Waals surface area contributed by atoms with Crippen molar-refractivity contribution >= 4 is 17.3 Å². The fourth-order valence-corrected chi connectivity index (χ4v) is 3.40. The van der Waals surface area contributed by atoms with E-state index < -0.39 is 0 Å². The number of rotatable bonds is 6. The van der Waals surface area contributed by atoms with Gasteiger partial charge < -0.3 is 4.90 Å². The van der Waals surface area contributed by atoms with Crippen LogP contribution in [-0.4, -0.2) is 45.8 Å². The molecule has 0 saturated heterocycles. The van der Waals surface area contributed by atoms with E-state index in [0.717, 1.165) is 42.9 Å². The molecule has 1 aromatic heterocycles. The van der Waals surface area contributed by atoms with Crippen LogP contribution >= 0.6 is 0 Å². The maximum Gasteiger partial charge on any atom is 0.150 e. The number of benzene rings is 1. The van der Waals surface area contributed by atoms with Gasteiger partial charge in [-0.3, -0.25) is 4.79 Å². The lowest BCUT2D eigenvalue weighted by atomic mass is 9.94. The maximum absolute atomic E-state index is 10.8. The van der Waals surface area contributed by atoms with Crippen LogP contribution in [0.1, 0.15) is 48.9 Å². The molecule has 1 aliphatic rings. The summed E-state index contributed by atoms with van der Waals surface area (Å²) < 4.78 is 1.94. The van der Waals surface area contributed by atoms with Crippen molar-refractivity contribution in [2.45, 2.75) is 51.1 Å². The smallest absolute Gasteiger partial charge is 0.150 e. The van der Waals surface area contributed by atoms with Crippen molar-refractivity contribution in [1.29, 1.82) is 0 Å². The molecule has 2 aromatic rings. The van der Waals surface area contributed by atoms with Gasteiger partial charge in [-0.1, -0.05) is 24.5 Å². The number of aryl methyl sites for hydroxylation is 1. The van der Waals surface area contributed by atoms with Crippen LogP contribution in [0.25, 0.3) is 11.0 Å². The molecule has 0 bridgehead atoms. The first kappa shape index (κ1) is 15.2. The Labute approximate surface area is 131 Å². The van der Waals surface area contributed by atoms with E-state index in [0.29, 0.717) is 5.56 Å². The van der Waals surface area contributed by atoms with Crippen molar-refractivity contribution in [3.05, 3.63) is 23.8 Å². The number of carbonyl (C=O) groups is 1. The summed E-state index contributed by atoms with van der Waals surface area (Å²) in [7, 11) is 2.24. The first-order valence-corrected chi connectivity index (χ1v) is 8.26. The Morgan fingerprint density at radius 1 is 1.32 bits per heavy atom. The van der Waals surface area contributed by atoms with Crippen molar-refractivity contribution in [3.8, 4) is 0 Å². The molecule has 0 spiro atoms. The Morgan fingerprint density at radius 2 is 2.14 bits per heavy atom. The number of nitrogens with zero attached hydrogens (tertiary/aromatic N) is 4. The molecular formula is C17H24N4O. The summed E-state index contributed by atoms with van der Waals surface area (Å²) in [4.78, 5) is 13.3. The van der Waals surface area contributed by atoms with Gasteiger partial charge in [0.1, 0.15) is 11.8 Å². The highest BCUT2D eigenvalue weighted by atomic mass is 16.1. The minimum absolute atomic E-state index is 0.650. The van der Waals surface area contributed by atoms with Crippen LogP contribution in [0.15, 0.2) is 18.2 Å². The molecular weight excluding hydrogens is 276 g/mol. The minimum Gasteiger partial charge on any atom is -0.303 e. The average molecular weight is 300 g/mol. The van der Waals surface area contributed by atoms with Crippen molar-refractivity contribution in [1.82, 2.24) is 19.9 Å². The molecule has 5 nitrogen and oxygen atoms in total. The molecule has 0 atom stereocenters. The standard InChI is InChI=1S/C17H24N4O/c1-20(15-6-3-2-4-7-15)10-5-11-21-17-9-8-14(13-22)12-16(17)18-19-21/h8-9,12-13,15H,2-7,10-11H2,1H3. The fraction of sp³-hybridized carbons (Fsp3) is 0.588. The van der Waals surface area contributed by atoms with Crippen molar-refractivity contribution in [3.63, 3.8) is 0 Å². The van der Waals surface area contributed by atoms with Gasteiger partial charge in [0.15, 0.2) is 0 Å². The van der Waals surface area contributed by atoms with E-state index in [1.165, 1.54) is 32.1 Å². The Morgan fingerprint density at radius 3 is 2.91 bits per heavy atom. The summed E-state index contributed by atoms with van der Waals surface area (Å²) >= 11 is 0. The van der Waals surface area contributed by atoms with E-state index in [4.69, 9.17) is 0 Å². The third kappa shape index (κ3) is 3.35. The van der Waals surface area contributed by atoms with Gasteiger partial charge in [0, 0.05) is 18.2 Å². The van der Waals surface area contributed by atoms with E-state index >= 15 is 0 Å². The van der Waals surface area contributed by atoms with Crippen molar-refractivity contribution < 1.29 is 4.79 Å². The molecule has 0 amide bonds. The summed E-state index contributed by atoms with van der Waals surface area (Å²) in [6.07, 6.45) is 8.76. The van der Waals surface area contributed by atoms with Crippen LogP contribution in [-0.2, 0) is 6.54 Å². The Bertz CT molecular complexity index is 631. The van der Waals surface area contributed by atoms with Crippen molar-refractivity contribution in [2.24, 2.45) is 0 Å². The third-order valence-corrected chi connectivity index (χ3v) is 4.75. The lowest BCUT2D eigenvalue weighted by Crippen LogP contribution is -2.34. The van der Waals surface area contributed by atoms with Gasteiger partial charge in [-0.05, 0) is 51.1 Å². The monoisotopic (exact) mass is 300 g/mol. The molecule has 0 unspecified atom stereocenters. The van der Waals surface area contributed by atoms with Gasteiger partial charge >= 0.3 is 0 Å². The lowest BCUT2D eigenvalue weighted by Gasteiger charge is -2.31. The molecule has 3 rings (SSSR count). The van der Waals surface area contributed by atoms with Crippen LogP contribution in [0.4, 0.5) is 0 Å². The van der Waals surface area contributed by atoms with E-state index in [9.17, 15) is 4.79 Å². The average Bonchev–Trinajstić information content (AvgIpc) is 2.98. The first-order valence-electron chi connectivity index (χ1n) is 8.26. The predicted octanol–water partition coefficient (Wildman–Crippen LogP) is 2.90. The first-order chi connectivity index (χ1) is 10.8. The molecule has 1 fully saturated rings. The van der Waals surface area contributed by atoms with Crippen LogP contribution < -0.4 is 0 Å². The fourth-order valence-electron chi connectivity index (χ4n) is 3.40. The van der Waals surface area contributed by atoms with Crippen LogP contribution in [0.3, 0.4) is 0 Å². The molecule has 1 saturated carbocycles. The largest absolute Gasteiger partial charge is 0.303 e. The number of aromatic nitrogens is 3. The molecule has 22 heavy (non-hydrogen) atoms. The van der Waals surface area contributed by atoms with Crippen LogP contribution in [0.2, 0.25) is 0 Å². The summed E-state index contributed by atoms with van der Waals surface area (Å²) in [6, 6.07) is 6.31. The van der Waals surface area contributed by atoms with E-state index in [1.54, 1.807) is 6.07 Å². The second-order valence-electron chi connectivity index (χ2n) is 6.30. The summed E-state index contributed by atoms with van der Waals surface area (Å²) in [5.41, 5.74) is 2.45. The number of aldehydes is 1. The quantitative estimate of drug-likeness (QED) is 0.770. The Hall–Kier alpha value is -1.75. The van der Waals surface area contributed by atoms with E-state index in [1.807, 2.05) is 16.8 Å². The van der Waals surface area contributed by atoms with Crippen LogP contribution in [0.5, 0.6) is 0 Å². The highest BCUT2D eigenvalue weighted by Gasteiger charge is 2.17. The van der Waals surface area contributed by atoms with E-state index in [-0.39, 0.29) is 0 Å². The SMILES string of the molecule is CN(CCCn1nnc2cc(C=O)ccc21)C1CCCCC1. The molecule has 0 aliphatic heterocycles. The predicted molar refractivity (Wildman–Crippen MR) is 87.0 cm³/mol. The number of hydrogen-bond acceptors (Lipinski definition) is 4.